The van der Waals surface area contributed by atoms with E-state index < -0.39 is 16.1 Å². The standard InChI is InChI=1S/C29H41N3O4S/c1-5-27(29(34)30-25-13-9-10-14-25)31(20-19-23-11-7-6-8-12-23)28(33)21-32(37(4,35)36)26-17-15-24(16-18-26)22(2)3/h6-8,11-12,15-18,22,25,27H,5,9-10,13-14,19-21H2,1-4H3,(H,30,34)/t27-/m1/s1. The highest BCUT2D eigenvalue weighted by Gasteiger charge is 2.32. The molecule has 0 unspecified atom stereocenters. The van der Waals surface area contributed by atoms with E-state index in [1.165, 1.54) is 0 Å². The highest BCUT2D eigenvalue weighted by atomic mass is 32.2. The number of carbonyl (C=O) groups excluding carboxylic acids is 2. The molecule has 0 saturated heterocycles. The molecule has 0 spiro atoms. The summed E-state index contributed by atoms with van der Waals surface area (Å²) in [5.74, 6) is -0.245. The van der Waals surface area contributed by atoms with Crippen LogP contribution in [0.25, 0.3) is 0 Å². The van der Waals surface area contributed by atoms with Crippen molar-refractivity contribution in [2.75, 3.05) is 23.7 Å². The summed E-state index contributed by atoms with van der Waals surface area (Å²) in [6.07, 6.45) is 6.22. The number of nitrogens with zero attached hydrogens (tertiary/aromatic N) is 2. The number of sulfonamides is 1. The molecule has 0 aromatic heterocycles. The van der Waals surface area contributed by atoms with Crippen LogP contribution >= 0.6 is 0 Å². The van der Waals surface area contributed by atoms with Gasteiger partial charge in [0, 0.05) is 12.6 Å². The molecule has 1 N–H and O–H groups in total. The van der Waals surface area contributed by atoms with Gasteiger partial charge in [0.2, 0.25) is 21.8 Å². The number of carbonyl (C=O) groups is 2. The van der Waals surface area contributed by atoms with Crippen LogP contribution in [0.2, 0.25) is 0 Å². The first kappa shape index (κ1) is 28.7. The summed E-state index contributed by atoms with van der Waals surface area (Å²) >= 11 is 0. The molecule has 0 heterocycles. The van der Waals surface area contributed by atoms with E-state index in [2.05, 4.69) is 19.2 Å². The molecule has 0 aliphatic heterocycles. The van der Waals surface area contributed by atoms with Crippen molar-refractivity contribution in [1.29, 1.82) is 0 Å². The van der Waals surface area contributed by atoms with Crippen molar-refractivity contribution in [2.24, 2.45) is 0 Å². The SMILES string of the molecule is CC[C@H](C(=O)NC1CCCC1)N(CCc1ccccc1)C(=O)CN(c1ccc(C(C)C)cc1)S(C)(=O)=O. The second-order valence-corrected chi connectivity index (χ2v) is 12.2. The normalized spacial score (nSPS) is 14.9. The third-order valence-electron chi connectivity index (χ3n) is 7.10. The number of rotatable bonds is 12. The topological polar surface area (TPSA) is 86.8 Å². The molecule has 1 fully saturated rings. The third-order valence-corrected chi connectivity index (χ3v) is 8.24. The van der Waals surface area contributed by atoms with Gasteiger partial charge in [0.25, 0.3) is 0 Å². The molecular formula is C29H41N3O4S. The first-order valence-corrected chi connectivity index (χ1v) is 15.2. The van der Waals surface area contributed by atoms with Crippen LogP contribution in [0, 0.1) is 0 Å². The first-order valence-electron chi connectivity index (χ1n) is 13.3. The van der Waals surface area contributed by atoms with Gasteiger partial charge in [0.15, 0.2) is 0 Å². The Morgan fingerprint density at radius 1 is 1.00 bits per heavy atom. The summed E-state index contributed by atoms with van der Waals surface area (Å²) in [7, 11) is -3.73. The Hall–Kier alpha value is -2.87. The van der Waals surface area contributed by atoms with Crippen LogP contribution in [0.1, 0.15) is 69.9 Å². The molecule has 7 nitrogen and oxygen atoms in total. The Morgan fingerprint density at radius 2 is 1.62 bits per heavy atom. The number of anilines is 1. The zero-order valence-electron chi connectivity index (χ0n) is 22.5. The van der Waals surface area contributed by atoms with Gasteiger partial charge in [-0.2, -0.15) is 0 Å². The quantitative estimate of drug-likeness (QED) is 0.441. The Labute approximate surface area is 222 Å². The van der Waals surface area contributed by atoms with E-state index in [4.69, 9.17) is 0 Å². The minimum Gasteiger partial charge on any atom is -0.352 e. The van der Waals surface area contributed by atoms with E-state index >= 15 is 0 Å². The van der Waals surface area contributed by atoms with Gasteiger partial charge < -0.3 is 10.2 Å². The monoisotopic (exact) mass is 527 g/mol. The van der Waals surface area contributed by atoms with Crippen LogP contribution < -0.4 is 9.62 Å². The van der Waals surface area contributed by atoms with E-state index in [0.717, 1.165) is 47.4 Å². The fourth-order valence-electron chi connectivity index (χ4n) is 4.90. The fourth-order valence-corrected chi connectivity index (χ4v) is 5.75. The average Bonchev–Trinajstić information content (AvgIpc) is 3.37. The molecule has 0 radical (unpaired) electrons. The maximum Gasteiger partial charge on any atom is 0.244 e. The molecule has 2 aromatic rings. The maximum absolute atomic E-state index is 13.8. The molecule has 1 aliphatic rings. The molecule has 3 rings (SSSR count). The molecule has 8 heteroatoms. The van der Waals surface area contributed by atoms with Crippen molar-refractivity contribution >= 4 is 27.5 Å². The Balaban J connectivity index is 1.86. The minimum absolute atomic E-state index is 0.139. The number of nitrogens with one attached hydrogen (secondary N) is 1. The van der Waals surface area contributed by atoms with Crippen LogP contribution in [0.3, 0.4) is 0 Å². The van der Waals surface area contributed by atoms with Crippen molar-refractivity contribution in [3.05, 3.63) is 65.7 Å². The Bertz CT molecular complexity index is 1130. The summed E-state index contributed by atoms with van der Waals surface area (Å²) in [6.45, 7) is 5.99. The lowest BCUT2D eigenvalue weighted by Gasteiger charge is -2.33. The van der Waals surface area contributed by atoms with E-state index in [1.54, 1.807) is 17.0 Å². The van der Waals surface area contributed by atoms with Crippen LogP contribution in [0.4, 0.5) is 5.69 Å². The minimum atomic E-state index is -3.73. The predicted octanol–water partition coefficient (Wildman–Crippen LogP) is 4.48. The van der Waals surface area contributed by atoms with Crippen LogP contribution in [0.15, 0.2) is 54.6 Å². The number of hydrogen-bond acceptors (Lipinski definition) is 4. The van der Waals surface area contributed by atoms with E-state index in [9.17, 15) is 18.0 Å². The second kappa shape index (κ2) is 13.1. The number of benzene rings is 2. The maximum atomic E-state index is 13.8. The summed E-state index contributed by atoms with van der Waals surface area (Å²) < 4.78 is 26.7. The molecule has 1 saturated carbocycles. The largest absolute Gasteiger partial charge is 0.352 e. The van der Waals surface area contributed by atoms with Crippen molar-refractivity contribution in [1.82, 2.24) is 10.2 Å². The first-order chi connectivity index (χ1) is 17.6. The van der Waals surface area contributed by atoms with Gasteiger partial charge in [0.05, 0.1) is 11.9 Å². The number of hydrogen-bond donors (Lipinski definition) is 1. The van der Waals surface area contributed by atoms with Gasteiger partial charge in [-0.25, -0.2) is 8.42 Å². The Morgan fingerprint density at radius 3 is 2.16 bits per heavy atom. The van der Waals surface area contributed by atoms with Gasteiger partial charge in [-0.3, -0.25) is 13.9 Å². The van der Waals surface area contributed by atoms with Gasteiger partial charge in [-0.1, -0.05) is 76.1 Å². The molecule has 202 valence electrons. The fraction of sp³-hybridized carbons (Fsp3) is 0.517. The van der Waals surface area contributed by atoms with Gasteiger partial charge >= 0.3 is 0 Å². The lowest BCUT2D eigenvalue weighted by molar-refractivity contribution is -0.139. The molecule has 2 aromatic carbocycles. The zero-order valence-corrected chi connectivity index (χ0v) is 23.3. The molecule has 0 bridgehead atoms. The van der Waals surface area contributed by atoms with E-state index in [0.29, 0.717) is 31.0 Å². The van der Waals surface area contributed by atoms with E-state index in [-0.39, 0.29) is 24.4 Å². The van der Waals surface area contributed by atoms with Crippen molar-refractivity contribution in [3.63, 3.8) is 0 Å². The van der Waals surface area contributed by atoms with Gasteiger partial charge in [0.1, 0.15) is 12.6 Å². The highest BCUT2D eigenvalue weighted by molar-refractivity contribution is 7.92. The summed E-state index contributed by atoms with van der Waals surface area (Å²) in [5, 5.41) is 3.13. The summed E-state index contributed by atoms with van der Waals surface area (Å²) in [5.41, 5.74) is 2.57. The van der Waals surface area contributed by atoms with E-state index in [1.807, 2.05) is 49.4 Å². The smallest absolute Gasteiger partial charge is 0.244 e. The molecular weight excluding hydrogens is 486 g/mol. The zero-order chi connectivity index (χ0) is 27.0. The van der Waals surface area contributed by atoms with Gasteiger partial charge in [-0.15, -0.1) is 0 Å². The summed E-state index contributed by atoms with van der Waals surface area (Å²) in [6, 6.07) is 16.5. The van der Waals surface area contributed by atoms with Gasteiger partial charge in [-0.05, 0) is 54.9 Å². The molecule has 1 aliphatic carbocycles. The average molecular weight is 528 g/mol. The summed E-state index contributed by atoms with van der Waals surface area (Å²) in [4.78, 5) is 28.6. The molecule has 2 amide bonds. The third kappa shape index (κ3) is 8.06. The molecule has 1 atom stereocenters. The second-order valence-electron chi connectivity index (χ2n) is 10.3. The van der Waals surface area contributed by atoms with Crippen molar-refractivity contribution in [2.45, 2.75) is 77.3 Å². The van der Waals surface area contributed by atoms with Crippen LogP contribution in [-0.4, -0.2) is 56.6 Å². The van der Waals surface area contributed by atoms with Crippen molar-refractivity contribution < 1.29 is 18.0 Å². The lowest BCUT2D eigenvalue weighted by Crippen LogP contribution is -2.54. The number of amides is 2. The highest BCUT2D eigenvalue weighted by Crippen LogP contribution is 2.23. The van der Waals surface area contributed by atoms with Crippen LogP contribution in [-0.2, 0) is 26.0 Å². The molecule has 37 heavy (non-hydrogen) atoms. The van der Waals surface area contributed by atoms with Crippen molar-refractivity contribution in [3.8, 4) is 0 Å². The van der Waals surface area contributed by atoms with Crippen LogP contribution in [0.5, 0.6) is 0 Å². The lowest BCUT2D eigenvalue weighted by atomic mass is 10.0. The Kier molecular flexibility index (Phi) is 10.1. The predicted molar refractivity (Wildman–Crippen MR) is 149 cm³/mol.